The zero-order chi connectivity index (χ0) is 19.9. The molecule has 1 N–H and O–H groups in total. The van der Waals surface area contributed by atoms with E-state index < -0.39 is 5.97 Å². The molecule has 0 aliphatic rings. The van der Waals surface area contributed by atoms with Crippen LogP contribution in [0.25, 0.3) is 0 Å². The number of hydrogen-bond acceptors (Lipinski definition) is 6. The summed E-state index contributed by atoms with van der Waals surface area (Å²) in [5, 5.41) is 25.3. The highest BCUT2D eigenvalue weighted by Gasteiger charge is 2.01. The minimum atomic E-state index is -0.983. The van der Waals surface area contributed by atoms with Gasteiger partial charge in [0.05, 0.1) is 28.3 Å². The topological polar surface area (TPSA) is 104 Å². The third-order valence-electron chi connectivity index (χ3n) is 3.80. The lowest BCUT2D eigenvalue weighted by Crippen LogP contribution is -1.93. The zero-order valence-electron chi connectivity index (χ0n) is 15.0. The molecular formula is C21H16N4O3. The molecule has 0 radical (unpaired) electrons. The van der Waals surface area contributed by atoms with Crippen LogP contribution in [0.3, 0.4) is 0 Å². The summed E-state index contributed by atoms with van der Waals surface area (Å²) in [5.74, 6) is -0.978. The van der Waals surface area contributed by atoms with Gasteiger partial charge in [0.2, 0.25) is 0 Å². The van der Waals surface area contributed by atoms with Gasteiger partial charge in [0.15, 0.2) is 5.78 Å². The van der Waals surface area contributed by atoms with Crippen molar-refractivity contribution < 1.29 is 14.7 Å². The summed E-state index contributed by atoms with van der Waals surface area (Å²) in [4.78, 5) is 22.1. The molecule has 0 unspecified atom stereocenters. The Labute approximate surface area is 161 Å². The van der Waals surface area contributed by atoms with Crippen LogP contribution in [0.15, 0.2) is 93.3 Å². The van der Waals surface area contributed by atoms with E-state index in [1.165, 1.54) is 19.1 Å². The molecule has 138 valence electrons. The molecule has 0 heterocycles. The van der Waals surface area contributed by atoms with Gasteiger partial charge < -0.3 is 5.11 Å². The van der Waals surface area contributed by atoms with Gasteiger partial charge in [0.1, 0.15) is 0 Å². The minimum absolute atomic E-state index is 0.00562. The summed E-state index contributed by atoms with van der Waals surface area (Å²) < 4.78 is 0. The van der Waals surface area contributed by atoms with E-state index in [0.29, 0.717) is 28.3 Å². The molecule has 0 aliphatic heterocycles. The van der Waals surface area contributed by atoms with Crippen LogP contribution in [0.2, 0.25) is 0 Å². The third-order valence-corrected chi connectivity index (χ3v) is 3.80. The van der Waals surface area contributed by atoms with Gasteiger partial charge in [0.25, 0.3) is 0 Å². The van der Waals surface area contributed by atoms with E-state index in [4.69, 9.17) is 5.11 Å². The molecule has 7 nitrogen and oxygen atoms in total. The van der Waals surface area contributed by atoms with E-state index in [9.17, 15) is 9.59 Å². The fraction of sp³-hybridized carbons (Fsp3) is 0.0476. The Morgan fingerprint density at radius 3 is 1.14 bits per heavy atom. The molecule has 0 bridgehead atoms. The van der Waals surface area contributed by atoms with E-state index in [2.05, 4.69) is 20.5 Å². The highest BCUT2D eigenvalue weighted by molar-refractivity contribution is 5.94. The maximum Gasteiger partial charge on any atom is 0.335 e. The number of carboxylic acid groups (broad SMARTS) is 1. The van der Waals surface area contributed by atoms with Crippen molar-refractivity contribution in [3.05, 3.63) is 83.9 Å². The Morgan fingerprint density at radius 2 is 0.857 bits per heavy atom. The molecule has 0 saturated heterocycles. The van der Waals surface area contributed by atoms with E-state index in [0.717, 1.165) is 0 Å². The molecule has 0 aromatic heterocycles. The largest absolute Gasteiger partial charge is 0.478 e. The molecule has 3 aromatic rings. The molecule has 7 heteroatoms. The molecule has 0 fully saturated rings. The van der Waals surface area contributed by atoms with Gasteiger partial charge in [0, 0.05) is 5.56 Å². The van der Waals surface area contributed by atoms with Crippen LogP contribution < -0.4 is 0 Å². The molecule has 28 heavy (non-hydrogen) atoms. The minimum Gasteiger partial charge on any atom is -0.478 e. The SMILES string of the molecule is CC(=O)c1ccc(N=Nc2ccc(N=Nc3ccc(C(=O)O)cc3)cc2)cc1. The Bertz CT molecular complexity index is 952. The molecule has 0 aliphatic carbocycles. The number of nitrogens with zero attached hydrogens (tertiary/aromatic N) is 4. The second-order valence-electron chi connectivity index (χ2n) is 5.87. The molecular weight excluding hydrogens is 356 g/mol. The highest BCUT2D eigenvalue weighted by Crippen LogP contribution is 2.23. The number of carboxylic acids is 1. The summed E-state index contributed by atoms with van der Waals surface area (Å²) >= 11 is 0. The van der Waals surface area contributed by atoms with E-state index in [-0.39, 0.29) is 11.3 Å². The molecule has 0 atom stereocenters. The number of aromatic carboxylic acids is 1. The van der Waals surface area contributed by atoms with Gasteiger partial charge in [-0.05, 0) is 79.7 Å². The standard InChI is InChI=1S/C21H16N4O3/c1-14(26)15-2-6-17(7-3-15)22-24-19-10-12-20(13-11-19)25-23-18-8-4-16(5-9-18)21(27)28/h2-13H,1H3,(H,27,28). The molecule has 3 rings (SSSR count). The first-order chi connectivity index (χ1) is 13.5. The van der Waals surface area contributed by atoms with Crippen LogP contribution in [-0.2, 0) is 0 Å². The van der Waals surface area contributed by atoms with Crippen molar-refractivity contribution in [2.45, 2.75) is 6.92 Å². The predicted molar refractivity (Wildman–Crippen MR) is 105 cm³/mol. The highest BCUT2D eigenvalue weighted by atomic mass is 16.4. The van der Waals surface area contributed by atoms with Crippen LogP contribution in [0, 0.1) is 0 Å². The smallest absolute Gasteiger partial charge is 0.335 e. The lowest BCUT2D eigenvalue weighted by atomic mass is 10.1. The van der Waals surface area contributed by atoms with Crippen molar-refractivity contribution in [2.75, 3.05) is 0 Å². The Morgan fingerprint density at radius 1 is 0.571 bits per heavy atom. The second kappa shape index (κ2) is 8.59. The first kappa shape index (κ1) is 18.8. The maximum absolute atomic E-state index is 11.3. The third kappa shape index (κ3) is 5.01. The Hall–Kier alpha value is -4.00. The van der Waals surface area contributed by atoms with Gasteiger partial charge in [-0.25, -0.2) is 4.79 Å². The van der Waals surface area contributed by atoms with Crippen molar-refractivity contribution in [3.8, 4) is 0 Å². The summed E-state index contributed by atoms with van der Waals surface area (Å²) in [6, 6.07) is 20.0. The van der Waals surface area contributed by atoms with Crippen LogP contribution in [0.1, 0.15) is 27.6 Å². The normalized spacial score (nSPS) is 11.2. The lowest BCUT2D eigenvalue weighted by molar-refractivity contribution is 0.0696. The van der Waals surface area contributed by atoms with Gasteiger partial charge in [-0.15, -0.1) is 0 Å². The Balaban J connectivity index is 1.64. The van der Waals surface area contributed by atoms with Gasteiger partial charge >= 0.3 is 5.97 Å². The number of rotatable bonds is 6. The monoisotopic (exact) mass is 372 g/mol. The first-order valence-corrected chi connectivity index (χ1v) is 8.39. The summed E-state index contributed by atoms with van der Waals surface area (Å²) in [6.45, 7) is 1.51. The van der Waals surface area contributed by atoms with Crippen LogP contribution in [0.4, 0.5) is 22.7 Å². The number of carbonyl (C=O) groups is 2. The number of carbonyl (C=O) groups excluding carboxylic acids is 1. The molecule has 0 amide bonds. The fourth-order valence-electron chi connectivity index (χ4n) is 2.25. The fourth-order valence-corrected chi connectivity index (χ4v) is 2.25. The molecule has 0 saturated carbocycles. The number of benzene rings is 3. The summed E-state index contributed by atoms with van der Waals surface area (Å²) in [7, 11) is 0. The van der Waals surface area contributed by atoms with Gasteiger partial charge in [-0.3, -0.25) is 4.79 Å². The average Bonchev–Trinajstić information content (AvgIpc) is 2.72. The predicted octanol–water partition coefficient (Wildman–Crippen LogP) is 6.42. The molecule has 3 aromatic carbocycles. The number of Topliss-reactive ketones (excluding diaryl/α,β-unsaturated/α-hetero) is 1. The summed E-state index contributed by atoms with van der Waals surface area (Å²) in [5.41, 5.74) is 3.32. The lowest BCUT2D eigenvalue weighted by Gasteiger charge is -1.97. The van der Waals surface area contributed by atoms with Gasteiger partial charge in [-0.1, -0.05) is 0 Å². The van der Waals surface area contributed by atoms with Crippen LogP contribution in [-0.4, -0.2) is 16.9 Å². The van der Waals surface area contributed by atoms with Crippen molar-refractivity contribution >= 4 is 34.5 Å². The number of ketones is 1. The van der Waals surface area contributed by atoms with Crippen LogP contribution >= 0.6 is 0 Å². The maximum atomic E-state index is 11.3. The van der Waals surface area contributed by atoms with Crippen molar-refractivity contribution in [3.63, 3.8) is 0 Å². The average molecular weight is 372 g/mol. The van der Waals surface area contributed by atoms with E-state index in [1.54, 1.807) is 60.7 Å². The zero-order valence-corrected chi connectivity index (χ0v) is 15.0. The van der Waals surface area contributed by atoms with E-state index >= 15 is 0 Å². The van der Waals surface area contributed by atoms with Crippen molar-refractivity contribution in [2.24, 2.45) is 20.5 Å². The van der Waals surface area contributed by atoms with Gasteiger partial charge in [-0.2, -0.15) is 20.5 Å². The number of hydrogen-bond donors (Lipinski definition) is 1. The molecule has 0 spiro atoms. The second-order valence-corrected chi connectivity index (χ2v) is 5.87. The van der Waals surface area contributed by atoms with E-state index in [1.807, 2.05) is 0 Å². The number of azo groups is 2. The Kier molecular flexibility index (Phi) is 5.76. The van der Waals surface area contributed by atoms with Crippen molar-refractivity contribution in [1.29, 1.82) is 0 Å². The van der Waals surface area contributed by atoms with Crippen molar-refractivity contribution in [1.82, 2.24) is 0 Å². The summed E-state index contributed by atoms with van der Waals surface area (Å²) in [6.07, 6.45) is 0. The quantitative estimate of drug-likeness (QED) is 0.399. The van der Waals surface area contributed by atoms with Crippen LogP contribution in [0.5, 0.6) is 0 Å². The first-order valence-electron chi connectivity index (χ1n) is 8.39.